The van der Waals surface area contributed by atoms with Gasteiger partial charge in [0.1, 0.15) is 5.75 Å². The van der Waals surface area contributed by atoms with E-state index in [1.165, 1.54) is 18.2 Å². The molecule has 4 N–H and O–H groups in total. The van der Waals surface area contributed by atoms with Crippen LogP contribution in [0.5, 0.6) is 5.75 Å². The van der Waals surface area contributed by atoms with Crippen molar-refractivity contribution in [2.45, 2.75) is 18.4 Å². The Labute approximate surface area is 117 Å². The number of hydrogen-bond acceptors (Lipinski definition) is 5. The van der Waals surface area contributed by atoms with E-state index in [0.717, 1.165) is 5.69 Å². The Morgan fingerprint density at radius 3 is 2.70 bits per heavy atom. The van der Waals surface area contributed by atoms with Gasteiger partial charge >= 0.3 is 0 Å². The summed E-state index contributed by atoms with van der Waals surface area (Å²) in [4.78, 5) is 4.21. The Morgan fingerprint density at radius 1 is 1.30 bits per heavy atom. The molecule has 1 aromatic heterocycles. The zero-order valence-corrected chi connectivity index (χ0v) is 11.7. The van der Waals surface area contributed by atoms with Crippen molar-refractivity contribution in [3.05, 3.63) is 47.8 Å². The van der Waals surface area contributed by atoms with E-state index in [9.17, 15) is 13.5 Å². The van der Waals surface area contributed by atoms with Gasteiger partial charge in [-0.3, -0.25) is 4.98 Å². The van der Waals surface area contributed by atoms with E-state index in [2.05, 4.69) is 9.71 Å². The normalized spacial score (nSPS) is 11.4. The Balaban J connectivity index is 2.17. The molecule has 0 aliphatic carbocycles. The van der Waals surface area contributed by atoms with Crippen LogP contribution in [0.1, 0.15) is 11.4 Å². The van der Waals surface area contributed by atoms with Crippen molar-refractivity contribution in [2.24, 2.45) is 0 Å². The fourth-order valence-electron chi connectivity index (χ4n) is 1.65. The van der Waals surface area contributed by atoms with E-state index < -0.39 is 10.0 Å². The molecule has 0 amide bonds. The molecule has 0 saturated carbocycles. The lowest BCUT2D eigenvalue weighted by Gasteiger charge is -2.08. The number of anilines is 1. The predicted molar refractivity (Wildman–Crippen MR) is 75.5 cm³/mol. The van der Waals surface area contributed by atoms with E-state index in [4.69, 9.17) is 5.73 Å². The number of nitrogens with one attached hydrogen (secondary N) is 1. The Hall–Kier alpha value is -2.12. The van der Waals surface area contributed by atoms with Crippen molar-refractivity contribution in [3.8, 4) is 5.75 Å². The van der Waals surface area contributed by atoms with Gasteiger partial charge in [0.05, 0.1) is 22.8 Å². The van der Waals surface area contributed by atoms with Gasteiger partial charge in [-0.25, -0.2) is 13.1 Å². The molecule has 0 atom stereocenters. The summed E-state index contributed by atoms with van der Waals surface area (Å²) in [5.41, 5.74) is 6.95. The predicted octanol–water partition coefficient (Wildman–Crippen LogP) is 1.16. The minimum absolute atomic E-state index is 0.000420. The van der Waals surface area contributed by atoms with Crippen LogP contribution in [0.25, 0.3) is 0 Å². The van der Waals surface area contributed by atoms with Crippen molar-refractivity contribution in [3.63, 3.8) is 0 Å². The minimum atomic E-state index is -3.69. The van der Waals surface area contributed by atoms with Crippen LogP contribution in [0.15, 0.2) is 41.3 Å². The van der Waals surface area contributed by atoms with Crippen LogP contribution in [0, 0.1) is 6.92 Å². The second-order valence-electron chi connectivity index (χ2n) is 4.32. The molecule has 0 fully saturated rings. The zero-order valence-electron chi connectivity index (χ0n) is 10.9. The van der Waals surface area contributed by atoms with Crippen molar-refractivity contribution in [1.82, 2.24) is 9.71 Å². The van der Waals surface area contributed by atoms with Crippen LogP contribution >= 0.6 is 0 Å². The van der Waals surface area contributed by atoms with Crippen molar-refractivity contribution >= 4 is 15.7 Å². The number of rotatable bonds is 4. The summed E-state index contributed by atoms with van der Waals surface area (Å²) in [5.74, 6) is -0.149. The third kappa shape index (κ3) is 3.25. The largest absolute Gasteiger partial charge is 0.506 e. The van der Waals surface area contributed by atoms with E-state index in [1.807, 2.05) is 19.1 Å². The lowest BCUT2D eigenvalue weighted by Crippen LogP contribution is -2.23. The molecule has 0 saturated heterocycles. The van der Waals surface area contributed by atoms with Crippen LogP contribution in [-0.4, -0.2) is 18.5 Å². The number of phenols is 1. The number of nitrogen functional groups attached to an aromatic ring is 1. The molecule has 1 heterocycles. The van der Waals surface area contributed by atoms with E-state index in [1.54, 1.807) is 6.07 Å². The first-order valence-electron chi connectivity index (χ1n) is 5.89. The number of aromatic hydroxyl groups is 1. The Kier molecular flexibility index (Phi) is 3.91. The maximum Gasteiger partial charge on any atom is 0.241 e. The molecular weight excluding hydrogens is 278 g/mol. The summed E-state index contributed by atoms with van der Waals surface area (Å²) in [6.45, 7) is 1.92. The van der Waals surface area contributed by atoms with Gasteiger partial charge in [0, 0.05) is 5.69 Å². The highest BCUT2D eigenvalue weighted by Gasteiger charge is 2.15. The molecular formula is C13H15N3O3S. The molecule has 106 valence electrons. The lowest BCUT2D eigenvalue weighted by atomic mass is 10.3. The Bertz CT molecular complexity index is 729. The summed E-state index contributed by atoms with van der Waals surface area (Å²) in [7, 11) is -3.69. The summed E-state index contributed by atoms with van der Waals surface area (Å²) in [6.07, 6.45) is 0. The van der Waals surface area contributed by atoms with Gasteiger partial charge in [-0.1, -0.05) is 6.07 Å². The quantitative estimate of drug-likeness (QED) is 0.579. The van der Waals surface area contributed by atoms with Crippen LogP contribution in [0.3, 0.4) is 0 Å². The average Bonchev–Trinajstić information content (AvgIpc) is 2.40. The lowest BCUT2D eigenvalue weighted by molar-refractivity contribution is 0.477. The molecule has 2 aromatic rings. The van der Waals surface area contributed by atoms with Gasteiger partial charge in [0.2, 0.25) is 10.0 Å². The fourth-order valence-corrected chi connectivity index (χ4v) is 2.68. The van der Waals surface area contributed by atoms with Gasteiger partial charge in [0.25, 0.3) is 0 Å². The van der Waals surface area contributed by atoms with E-state index in [0.29, 0.717) is 5.69 Å². The monoisotopic (exact) mass is 293 g/mol. The van der Waals surface area contributed by atoms with Crippen LogP contribution in [-0.2, 0) is 16.6 Å². The smallest absolute Gasteiger partial charge is 0.241 e. The highest BCUT2D eigenvalue weighted by Crippen LogP contribution is 2.23. The van der Waals surface area contributed by atoms with Gasteiger partial charge in [-0.2, -0.15) is 0 Å². The van der Waals surface area contributed by atoms with Gasteiger partial charge in [-0.05, 0) is 37.3 Å². The summed E-state index contributed by atoms with van der Waals surface area (Å²) in [5, 5.41) is 9.30. The maximum absolute atomic E-state index is 12.1. The number of phenolic OH excluding ortho intramolecular Hbond substituents is 1. The minimum Gasteiger partial charge on any atom is -0.506 e. The van der Waals surface area contributed by atoms with E-state index in [-0.39, 0.29) is 22.9 Å². The first kappa shape index (κ1) is 14.3. The number of nitrogens with zero attached hydrogens (tertiary/aromatic N) is 1. The summed E-state index contributed by atoms with van der Waals surface area (Å²) >= 11 is 0. The number of sulfonamides is 1. The number of aryl methyl sites for hydroxylation is 1. The standard InChI is InChI=1S/C13H15N3O3S/c1-9-3-2-4-10(16-9)8-15-20(18,19)11-5-6-13(17)12(14)7-11/h2-7,15,17H,8,14H2,1H3. The SMILES string of the molecule is Cc1cccc(CNS(=O)(=O)c2ccc(O)c(N)c2)n1. The van der Waals surface area contributed by atoms with Crippen LogP contribution in [0.2, 0.25) is 0 Å². The number of nitrogens with two attached hydrogens (primary N) is 1. The maximum atomic E-state index is 12.1. The summed E-state index contributed by atoms with van der Waals surface area (Å²) < 4.78 is 26.6. The highest BCUT2D eigenvalue weighted by molar-refractivity contribution is 7.89. The number of pyridine rings is 1. The summed E-state index contributed by atoms with van der Waals surface area (Å²) in [6, 6.07) is 9.12. The number of benzene rings is 1. The van der Waals surface area contributed by atoms with Crippen molar-refractivity contribution < 1.29 is 13.5 Å². The molecule has 7 heteroatoms. The van der Waals surface area contributed by atoms with Gasteiger partial charge in [-0.15, -0.1) is 0 Å². The van der Waals surface area contributed by atoms with Crippen molar-refractivity contribution in [1.29, 1.82) is 0 Å². The molecule has 6 nitrogen and oxygen atoms in total. The first-order valence-corrected chi connectivity index (χ1v) is 7.37. The molecule has 0 bridgehead atoms. The van der Waals surface area contributed by atoms with Crippen molar-refractivity contribution in [2.75, 3.05) is 5.73 Å². The molecule has 0 aliphatic heterocycles. The molecule has 0 spiro atoms. The second-order valence-corrected chi connectivity index (χ2v) is 6.08. The third-order valence-corrected chi connectivity index (χ3v) is 4.10. The second kappa shape index (κ2) is 5.48. The topological polar surface area (TPSA) is 105 Å². The van der Waals surface area contributed by atoms with E-state index >= 15 is 0 Å². The van der Waals surface area contributed by atoms with Crippen LogP contribution in [0.4, 0.5) is 5.69 Å². The molecule has 2 rings (SSSR count). The zero-order chi connectivity index (χ0) is 14.8. The van der Waals surface area contributed by atoms with Crippen LogP contribution < -0.4 is 10.5 Å². The first-order chi connectivity index (χ1) is 9.38. The molecule has 0 radical (unpaired) electrons. The average molecular weight is 293 g/mol. The molecule has 1 aromatic carbocycles. The number of hydrogen-bond donors (Lipinski definition) is 3. The molecule has 0 unspecified atom stereocenters. The molecule has 0 aliphatic rings. The van der Waals surface area contributed by atoms with Gasteiger partial charge < -0.3 is 10.8 Å². The fraction of sp³-hybridized carbons (Fsp3) is 0.154. The highest BCUT2D eigenvalue weighted by atomic mass is 32.2. The van der Waals surface area contributed by atoms with Gasteiger partial charge in [0.15, 0.2) is 0 Å². The number of aromatic nitrogens is 1. The molecule has 20 heavy (non-hydrogen) atoms. The Morgan fingerprint density at radius 2 is 2.05 bits per heavy atom. The third-order valence-electron chi connectivity index (χ3n) is 2.70.